The van der Waals surface area contributed by atoms with Crippen LogP contribution in [0.5, 0.6) is 0 Å². The smallest absolute Gasteiger partial charge is 0.763 e. The molecular formula is C14H15ClNNaO4S. The summed E-state index contributed by atoms with van der Waals surface area (Å²) in [6.07, 6.45) is 0. The fourth-order valence-electron chi connectivity index (χ4n) is 1.47. The number of halogens is 1. The van der Waals surface area contributed by atoms with Gasteiger partial charge >= 0.3 is 41.5 Å². The van der Waals surface area contributed by atoms with Gasteiger partial charge in [0, 0.05) is 0 Å². The minimum atomic E-state index is -1.36. The number of benzene rings is 1. The summed E-state index contributed by atoms with van der Waals surface area (Å²) in [5, 5.41) is 0.228. The maximum absolute atomic E-state index is 11.9. The van der Waals surface area contributed by atoms with Crippen LogP contribution in [-0.2, 0) is 31.7 Å². The van der Waals surface area contributed by atoms with E-state index in [1.165, 1.54) is 0 Å². The molecule has 0 aliphatic rings. The third kappa shape index (κ3) is 6.22. The molecule has 0 amide bonds. The van der Waals surface area contributed by atoms with Gasteiger partial charge in [-0.25, -0.2) is 0 Å². The standard InChI is InChI=1S/C14H16ClNO4S.Na/c1-3-19-13(17)11(14(18)20-4-2)12(21)16-10-8-6-5-7-9(10)15;/h5-8,11H,3-4H2,1-2H3,(H,16,21);/q;+1/p-1. The normalized spacial score (nSPS) is 10.8. The predicted molar refractivity (Wildman–Crippen MR) is 82.7 cm³/mol. The largest absolute Gasteiger partial charge is 1.00 e. The van der Waals surface area contributed by atoms with E-state index in [1.807, 2.05) is 0 Å². The van der Waals surface area contributed by atoms with Gasteiger partial charge in [-0.3, -0.25) is 14.6 Å². The van der Waals surface area contributed by atoms with Crippen molar-refractivity contribution in [3.8, 4) is 0 Å². The topological polar surface area (TPSA) is 65.0 Å². The minimum Gasteiger partial charge on any atom is -0.763 e. The van der Waals surface area contributed by atoms with E-state index in [2.05, 4.69) is 4.99 Å². The van der Waals surface area contributed by atoms with Gasteiger partial charge in [0.1, 0.15) is 0 Å². The summed E-state index contributed by atoms with van der Waals surface area (Å²) in [6, 6.07) is 6.71. The average Bonchev–Trinajstić information content (AvgIpc) is 2.42. The van der Waals surface area contributed by atoms with Crippen LogP contribution in [0.2, 0.25) is 5.02 Å². The molecule has 0 spiro atoms. The van der Waals surface area contributed by atoms with Gasteiger partial charge in [-0.1, -0.05) is 28.8 Å². The third-order valence-corrected chi connectivity index (χ3v) is 3.02. The van der Waals surface area contributed by atoms with Crippen molar-refractivity contribution < 1.29 is 48.6 Å². The molecule has 22 heavy (non-hydrogen) atoms. The summed E-state index contributed by atoms with van der Waals surface area (Å²) in [5.74, 6) is -2.93. The molecule has 1 aromatic carbocycles. The second-order valence-electron chi connectivity index (χ2n) is 3.84. The van der Waals surface area contributed by atoms with Crippen molar-refractivity contribution in [3.63, 3.8) is 0 Å². The van der Waals surface area contributed by atoms with Crippen molar-refractivity contribution in [1.29, 1.82) is 0 Å². The van der Waals surface area contributed by atoms with E-state index < -0.39 is 17.9 Å². The number of hydrogen-bond donors (Lipinski definition) is 0. The molecule has 0 N–H and O–H groups in total. The van der Waals surface area contributed by atoms with E-state index in [9.17, 15) is 9.59 Å². The van der Waals surface area contributed by atoms with Crippen molar-refractivity contribution in [1.82, 2.24) is 0 Å². The summed E-state index contributed by atoms with van der Waals surface area (Å²) in [5.41, 5.74) is 0.378. The maximum atomic E-state index is 11.9. The van der Waals surface area contributed by atoms with Crippen molar-refractivity contribution in [3.05, 3.63) is 29.3 Å². The Bertz CT molecular complexity index is 535. The summed E-state index contributed by atoms with van der Waals surface area (Å²) in [7, 11) is 0. The number of esters is 2. The van der Waals surface area contributed by atoms with E-state index in [-0.39, 0.29) is 47.8 Å². The van der Waals surface area contributed by atoms with Crippen LogP contribution in [0.4, 0.5) is 5.69 Å². The first-order valence-electron chi connectivity index (χ1n) is 6.34. The Morgan fingerprint density at radius 2 is 1.68 bits per heavy atom. The second kappa shape index (κ2) is 11.0. The zero-order valence-corrected chi connectivity index (χ0v) is 16.2. The Labute approximate surface area is 162 Å². The molecule has 0 aromatic heterocycles. The zero-order valence-electron chi connectivity index (χ0n) is 12.7. The quantitative estimate of drug-likeness (QED) is 0.175. The molecular weight excluding hydrogens is 337 g/mol. The third-order valence-electron chi connectivity index (χ3n) is 2.37. The monoisotopic (exact) mass is 351 g/mol. The van der Waals surface area contributed by atoms with Crippen molar-refractivity contribution in [2.24, 2.45) is 10.9 Å². The van der Waals surface area contributed by atoms with Gasteiger partial charge in [-0.15, -0.1) is 0 Å². The molecule has 1 aromatic rings. The molecule has 0 heterocycles. The van der Waals surface area contributed by atoms with Crippen molar-refractivity contribution >= 4 is 46.9 Å². The van der Waals surface area contributed by atoms with E-state index in [0.29, 0.717) is 10.7 Å². The maximum Gasteiger partial charge on any atom is 1.00 e. The molecule has 0 atom stereocenters. The number of hydrogen-bond acceptors (Lipinski definition) is 6. The Morgan fingerprint density at radius 1 is 1.18 bits per heavy atom. The molecule has 0 unspecified atom stereocenters. The number of rotatable bonds is 6. The summed E-state index contributed by atoms with van der Waals surface area (Å²) >= 11 is 11.0. The van der Waals surface area contributed by atoms with Crippen molar-refractivity contribution in [2.45, 2.75) is 13.8 Å². The van der Waals surface area contributed by atoms with Crippen LogP contribution in [-0.4, -0.2) is 30.2 Å². The number of carbonyl (C=O) groups excluding carboxylic acids is 2. The van der Waals surface area contributed by atoms with Gasteiger partial charge in [0.15, 0.2) is 5.92 Å². The van der Waals surface area contributed by atoms with Gasteiger partial charge in [-0.05, 0) is 26.0 Å². The van der Waals surface area contributed by atoms with E-state index in [4.69, 9.17) is 33.7 Å². The molecule has 0 aliphatic heterocycles. The summed E-state index contributed by atoms with van der Waals surface area (Å²) in [4.78, 5) is 27.8. The fraction of sp³-hybridized carbons (Fsp3) is 0.357. The first kappa shape index (κ1) is 21.3. The van der Waals surface area contributed by atoms with Gasteiger partial charge < -0.3 is 22.1 Å². The fourth-order valence-corrected chi connectivity index (χ4v) is 1.94. The van der Waals surface area contributed by atoms with E-state index in [0.717, 1.165) is 0 Å². The number of aliphatic imine (C=N–C) groups is 1. The molecule has 0 radical (unpaired) electrons. The summed E-state index contributed by atoms with van der Waals surface area (Å²) in [6.45, 7) is 3.52. The van der Waals surface area contributed by atoms with E-state index in [1.54, 1.807) is 38.1 Å². The Hall–Kier alpha value is -0.660. The number of nitrogens with zero attached hydrogens (tertiary/aromatic N) is 1. The SMILES string of the molecule is CCOC(=O)C(C(=O)OCC)C([S-])=Nc1ccccc1Cl.[Na+]. The van der Waals surface area contributed by atoms with Crippen LogP contribution < -0.4 is 29.6 Å². The van der Waals surface area contributed by atoms with Crippen LogP contribution >= 0.6 is 11.6 Å². The van der Waals surface area contributed by atoms with Gasteiger partial charge in [-0.2, -0.15) is 0 Å². The van der Waals surface area contributed by atoms with Crippen LogP contribution in [0.3, 0.4) is 0 Å². The molecule has 0 saturated heterocycles. The molecule has 0 aliphatic carbocycles. The van der Waals surface area contributed by atoms with Crippen molar-refractivity contribution in [2.75, 3.05) is 13.2 Å². The zero-order chi connectivity index (χ0) is 15.8. The molecule has 114 valence electrons. The van der Waals surface area contributed by atoms with Crippen LogP contribution in [0.25, 0.3) is 0 Å². The second-order valence-corrected chi connectivity index (χ2v) is 4.66. The number of ether oxygens (including phenoxy) is 2. The van der Waals surface area contributed by atoms with Crippen LogP contribution in [0, 0.1) is 5.92 Å². The minimum absolute atomic E-state index is 0. The molecule has 1 rings (SSSR count). The molecule has 8 heteroatoms. The first-order chi connectivity index (χ1) is 10.0. The Kier molecular flexibility index (Phi) is 10.6. The van der Waals surface area contributed by atoms with E-state index >= 15 is 0 Å². The number of carbonyl (C=O) groups is 2. The van der Waals surface area contributed by atoms with Gasteiger partial charge in [0.25, 0.3) is 0 Å². The Morgan fingerprint density at radius 3 is 2.14 bits per heavy atom. The Balaban J connectivity index is 0.00000441. The van der Waals surface area contributed by atoms with Crippen LogP contribution in [0.1, 0.15) is 13.8 Å². The first-order valence-corrected chi connectivity index (χ1v) is 7.13. The van der Waals surface area contributed by atoms with Gasteiger partial charge in [0.05, 0.1) is 23.9 Å². The van der Waals surface area contributed by atoms with Gasteiger partial charge in [0.2, 0.25) is 0 Å². The molecule has 5 nitrogen and oxygen atoms in total. The predicted octanol–water partition coefficient (Wildman–Crippen LogP) is -0.337. The average molecular weight is 352 g/mol. The van der Waals surface area contributed by atoms with Crippen LogP contribution in [0.15, 0.2) is 29.3 Å². The molecule has 0 bridgehead atoms. The molecule has 0 saturated carbocycles. The molecule has 0 fully saturated rings. The number of para-hydroxylation sites is 1. The summed E-state index contributed by atoms with van der Waals surface area (Å²) < 4.78 is 9.68.